The fourth-order valence-electron chi connectivity index (χ4n) is 1.28. The van der Waals surface area contributed by atoms with Crippen molar-refractivity contribution in [3.8, 4) is 0 Å². The highest BCUT2D eigenvalue weighted by molar-refractivity contribution is 4.72. The quantitative estimate of drug-likeness (QED) is 0.454. The van der Waals surface area contributed by atoms with Gasteiger partial charge in [-0.15, -0.1) is 0 Å². The summed E-state index contributed by atoms with van der Waals surface area (Å²) in [7, 11) is 1.49. The van der Waals surface area contributed by atoms with Gasteiger partial charge in [0.25, 0.3) is 0 Å². The van der Waals surface area contributed by atoms with Gasteiger partial charge in [-0.25, -0.2) is 0 Å². The summed E-state index contributed by atoms with van der Waals surface area (Å²) in [6.45, 7) is 4.26. The van der Waals surface area contributed by atoms with Crippen LogP contribution in [0.2, 0.25) is 0 Å². The lowest BCUT2D eigenvalue weighted by molar-refractivity contribution is -0.254. The lowest BCUT2D eigenvalue weighted by Crippen LogP contribution is -2.42. The second-order valence-electron chi connectivity index (χ2n) is 3.74. The van der Waals surface area contributed by atoms with Crippen molar-refractivity contribution in [1.29, 1.82) is 0 Å². The van der Waals surface area contributed by atoms with Gasteiger partial charge in [0.05, 0.1) is 19.3 Å². The molecule has 0 bridgehead atoms. The Morgan fingerprint density at radius 1 is 1.33 bits per heavy atom. The molecule has 0 aromatic heterocycles. The van der Waals surface area contributed by atoms with Crippen LogP contribution in [-0.2, 0) is 9.47 Å². The minimum absolute atomic E-state index is 0.232. The molecule has 0 rings (SSSR count). The molecule has 2 unspecified atom stereocenters. The molecule has 15 heavy (non-hydrogen) atoms. The Balaban J connectivity index is 4.16. The molecule has 2 atom stereocenters. The van der Waals surface area contributed by atoms with E-state index in [2.05, 4.69) is 6.92 Å². The highest BCUT2D eigenvalue weighted by Gasteiger charge is 2.32. The highest BCUT2D eigenvalue weighted by atomic mass is 16.7. The fourth-order valence-corrected chi connectivity index (χ4v) is 1.28. The Labute approximate surface area is 92.2 Å². The highest BCUT2D eigenvalue weighted by Crippen LogP contribution is 2.20. The van der Waals surface area contributed by atoms with E-state index in [1.54, 1.807) is 0 Å². The van der Waals surface area contributed by atoms with Gasteiger partial charge in [0.1, 0.15) is 0 Å². The van der Waals surface area contributed by atoms with Gasteiger partial charge in [-0.3, -0.25) is 0 Å². The van der Waals surface area contributed by atoms with Crippen molar-refractivity contribution in [2.24, 2.45) is 0 Å². The van der Waals surface area contributed by atoms with E-state index in [0.29, 0.717) is 19.4 Å². The van der Waals surface area contributed by atoms with Gasteiger partial charge in [-0.05, 0) is 12.8 Å². The molecule has 2 N–H and O–H groups in total. The van der Waals surface area contributed by atoms with Crippen molar-refractivity contribution in [1.82, 2.24) is 0 Å². The Hall–Kier alpha value is -0.160. The van der Waals surface area contributed by atoms with Gasteiger partial charge < -0.3 is 19.7 Å². The van der Waals surface area contributed by atoms with E-state index in [-0.39, 0.29) is 6.61 Å². The summed E-state index contributed by atoms with van der Waals surface area (Å²) in [5.41, 5.74) is 0. The molecule has 0 saturated heterocycles. The van der Waals surface area contributed by atoms with Crippen LogP contribution in [0.4, 0.5) is 0 Å². The number of methoxy groups -OCH3 is 1. The molecule has 0 saturated carbocycles. The Bertz CT molecular complexity index is 146. The van der Waals surface area contributed by atoms with Crippen molar-refractivity contribution in [2.75, 3.05) is 20.3 Å². The molecule has 0 aromatic rings. The minimum atomic E-state index is -1.04. The summed E-state index contributed by atoms with van der Waals surface area (Å²) in [5.74, 6) is -1.04. The van der Waals surface area contributed by atoms with E-state index in [9.17, 15) is 10.2 Å². The molecule has 0 radical (unpaired) electrons. The molecule has 0 spiro atoms. The summed E-state index contributed by atoms with van der Waals surface area (Å²) in [6.07, 6.45) is 2.39. The Morgan fingerprint density at radius 3 is 2.40 bits per heavy atom. The summed E-state index contributed by atoms with van der Waals surface area (Å²) < 4.78 is 10.7. The van der Waals surface area contributed by atoms with Crippen molar-refractivity contribution in [2.45, 2.75) is 51.4 Å². The van der Waals surface area contributed by atoms with Crippen LogP contribution in [0.15, 0.2) is 0 Å². The number of unbranched alkanes of at least 4 members (excludes halogenated alkanes) is 1. The minimum Gasteiger partial charge on any atom is -0.393 e. The monoisotopic (exact) mass is 220 g/mol. The van der Waals surface area contributed by atoms with Crippen molar-refractivity contribution in [3.63, 3.8) is 0 Å². The summed E-state index contributed by atoms with van der Waals surface area (Å²) in [6, 6.07) is 0. The van der Waals surface area contributed by atoms with Gasteiger partial charge in [-0.2, -0.15) is 0 Å². The molecular weight excluding hydrogens is 196 g/mol. The second-order valence-corrected chi connectivity index (χ2v) is 3.74. The number of aliphatic hydroxyl groups excluding tert-OH is 2. The molecule has 0 amide bonds. The average Bonchev–Trinajstić information content (AvgIpc) is 2.27. The normalized spacial score (nSPS) is 17.4. The SMILES string of the molecule is CCCCOC(CO)(CC(O)CC)OC. The van der Waals surface area contributed by atoms with Crippen LogP contribution >= 0.6 is 0 Å². The first-order valence-electron chi connectivity index (χ1n) is 5.62. The van der Waals surface area contributed by atoms with Crippen LogP contribution in [0.3, 0.4) is 0 Å². The van der Waals surface area contributed by atoms with E-state index < -0.39 is 11.9 Å². The fraction of sp³-hybridized carbons (Fsp3) is 1.00. The predicted octanol–water partition coefficient (Wildman–Crippen LogP) is 1.30. The third-order valence-electron chi connectivity index (χ3n) is 2.49. The first-order valence-corrected chi connectivity index (χ1v) is 5.62. The second kappa shape index (κ2) is 8.05. The number of ether oxygens (including phenoxy) is 2. The van der Waals surface area contributed by atoms with Crippen LogP contribution in [0.5, 0.6) is 0 Å². The van der Waals surface area contributed by atoms with Crippen LogP contribution in [-0.4, -0.2) is 42.4 Å². The smallest absolute Gasteiger partial charge is 0.193 e. The van der Waals surface area contributed by atoms with E-state index in [4.69, 9.17) is 9.47 Å². The maximum atomic E-state index is 9.54. The van der Waals surface area contributed by atoms with Gasteiger partial charge >= 0.3 is 0 Å². The first-order chi connectivity index (χ1) is 7.14. The van der Waals surface area contributed by atoms with Crippen molar-refractivity contribution < 1.29 is 19.7 Å². The number of hydrogen-bond acceptors (Lipinski definition) is 4. The van der Waals surface area contributed by atoms with E-state index in [0.717, 1.165) is 12.8 Å². The first kappa shape index (κ1) is 14.8. The molecule has 0 aliphatic heterocycles. The summed E-state index contributed by atoms with van der Waals surface area (Å²) in [5, 5.41) is 18.8. The third kappa shape index (κ3) is 5.47. The van der Waals surface area contributed by atoms with Crippen molar-refractivity contribution in [3.05, 3.63) is 0 Å². The number of aliphatic hydroxyl groups is 2. The number of rotatable bonds is 9. The summed E-state index contributed by atoms with van der Waals surface area (Å²) >= 11 is 0. The van der Waals surface area contributed by atoms with E-state index in [1.165, 1.54) is 7.11 Å². The van der Waals surface area contributed by atoms with Crippen LogP contribution in [0.1, 0.15) is 39.5 Å². The molecule has 0 heterocycles. The third-order valence-corrected chi connectivity index (χ3v) is 2.49. The largest absolute Gasteiger partial charge is 0.393 e. The van der Waals surface area contributed by atoms with Gasteiger partial charge in [0, 0.05) is 13.5 Å². The molecule has 0 aliphatic carbocycles. The van der Waals surface area contributed by atoms with Gasteiger partial charge in [0.15, 0.2) is 5.79 Å². The lowest BCUT2D eigenvalue weighted by Gasteiger charge is -2.32. The molecule has 0 fully saturated rings. The number of hydrogen-bond donors (Lipinski definition) is 2. The molecule has 92 valence electrons. The topological polar surface area (TPSA) is 58.9 Å². The molecule has 0 aliphatic rings. The average molecular weight is 220 g/mol. The molecule has 4 nitrogen and oxygen atoms in total. The zero-order valence-electron chi connectivity index (χ0n) is 10.0. The maximum Gasteiger partial charge on any atom is 0.193 e. The zero-order valence-corrected chi connectivity index (χ0v) is 10.0. The molecule has 4 heteroatoms. The standard InChI is InChI=1S/C11H24O4/c1-4-6-7-15-11(9-12,14-3)8-10(13)5-2/h10,12-13H,4-9H2,1-3H3. The maximum absolute atomic E-state index is 9.54. The Kier molecular flexibility index (Phi) is 7.96. The Morgan fingerprint density at radius 2 is 2.00 bits per heavy atom. The molecule has 0 aromatic carbocycles. The van der Waals surface area contributed by atoms with Gasteiger partial charge in [0.2, 0.25) is 0 Å². The van der Waals surface area contributed by atoms with Crippen LogP contribution in [0, 0.1) is 0 Å². The lowest BCUT2D eigenvalue weighted by atomic mass is 10.1. The molecular formula is C11H24O4. The van der Waals surface area contributed by atoms with Crippen LogP contribution in [0.25, 0.3) is 0 Å². The zero-order chi connectivity index (χ0) is 11.7. The van der Waals surface area contributed by atoms with Crippen LogP contribution < -0.4 is 0 Å². The summed E-state index contributed by atoms with van der Waals surface area (Å²) in [4.78, 5) is 0. The van der Waals surface area contributed by atoms with Crippen molar-refractivity contribution >= 4 is 0 Å². The van der Waals surface area contributed by atoms with Gasteiger partial charge in [-0.1, -0.05) is 20.3 Å². The van der Waals surface area contributed by atoms with E-state index in [1.807, 2.05) is 6.92 Å². The predicted molar refractivity (Wildman–Crippen MR) is 58.6 cm³/mol. The van der Waals surface area contributed by atoms with E-state index >= 15 is 0 Å².